The first-order chi connectivity index (χ1) is 45.1. The van der Waals surface area contributed by atoms with Gasteiger partial charge in [0.2, 0.25) is 0 Å². The molecule has 2 heteroatoms. The van der Waals surface area contributed by atoms with Crippen molar-refractivity contribution in [2.24, 2.45) is 0 Å². The van der Waals surface area contributed by atoms with Crippen molar-refractivity contribution in [2.75, 3.05) is 4.90 Å². The Labute approximate surface area is 529 Å². The largest absolute Gasteiger partial charge is 0.455 e. The van der Waals surface area contributed by atoms with Gasteiger partial charge in [-0.3, -0.25) is 0 Å². The first-order valence-electron chi connectivity index (χ1n) is 32.1. The summed E-state index contributed by atoms with van der Waals surface area (Å²) >= 11 is 0. The summed E-state index contributed by atoms with van der Waals surface area (Å²) in [7, 11) is 0. The number of anilines is 3. The molecule has 0 saturated carbocycles. The van der Waals surface area contributed by atoms with E-state index >= 15 is 0 Å². The molecule has 1 unspecified atom stereocenters. The van der Waals surface area contributed by atoms with Crippen molar-refractivity contribution >= 4 is 44.2 Å². The van der Waals surface area contributed by atoms with Crippen LogP contribution < -0.4 is 9.64 Å². The SMILES string of the molecule is C1=CC(c2ccc(N(c3ccc4c(c3)-c3ccccc3C4(c3ccccc3)c3ccccc3)c3ccc4c(c3)C3(c5ccccc5-c5ccccc53)c3ccccc3-4)cc2)CC2=C1c1ccccc1C21c2ccc3ccccc3c2Oc2c1ccc1ccccc21. The minimum atomic E-state index is -0.585. The lowest BCUT2D eigenvalue weighted by atomic mass is 9.62. The van der Waals surface area contributed by atoms with Crippen LogP contribution in [0.4, 0.5) is 17.1 Å². The third-order valence-electron chi connectivity index (χ3n) is 21.6. The van der Waals surface area contributed by atoms with Crippen LogP contribution in [0.2, 0.25) is 0 Å². The number of ether oxygens (including phenoxy) is 1. The summed E-state index contributed by atoms with van der Waals surface area (Å²) in [5.74, 6) is 2.00. The number of fused-ring (bicyclic) bond motifs is 25. The van der Waals surface area contributed by atoms with Crippen LogP contribution in [0.25, 0.3) is 60.5 Å². The zero-order valence-corrected chi connectivity index (χ0v) is 49.8. The summed E-state index contributed by atoms with van der Waals surface area (Å²) in [4.78, 5) is 2.53. The summed E-state index contributed by atoms with van der Waals surface area (Å²) in [5.41, 5.74) is 28.8. The van der Waals surface area contributed by atoms with Crippen LogP contribution in [0, 0.1) is 0 Å². The zero-order valence-electron chi connectivity index (χ0n) is 49.8. The van der Waals surface area contributed by atoms with E-state index in [-0.39, 0.29) is 5.92 Å². The average molecular weight is 1160 g/mol. The van der Waals surface area contributed by atoms with Crippen molar-refractivity contribution in [3.8, 4) is 44.9 Å². The maximum absolute atomic E-state index is 7.35. The summed E-state index contributed by atoms with van der Waals surface area (Å²) in [5, 5.41) is 4.61. The van der Waals surface area contributed by atoms with Gasteiger partial charge in [-0.25, -0.2) is 0 Å². The van der Waals surface area contributed by atoms with Crippen molar-refractivity contribution in [3.63, 3.8) is 0 Å². The van der Waals surface area contributed by atoms with E-state index in [1.165, 1.54) is 128 Å². The lowest BCUT2D eigenvalue weighted by Crippen LogP contribution is -2.34. The molecular formula is C89H57NO. The fraction of sp³-hybridized carbons (Fsp3) is 0.0562. The van der Waals surface area contributed by atoms with Gasteiger partial charge in [-0.2, -0.15) is 0 Å². The third-order valence-corrected chi connectivity index (χ3v) is 21.6. The van der Waals surface area contributed by atoms with Crippen molar-refractivity contribution in [1.82, 2.24) is 0 Å². The molecule has 1 aliphatic heterocycles. The predicted octanol–water partition coefficient (Wildman–Crippen LogP) is 22.1. The molecule has 6 aliphatic rings. The molecule has 2 nitrogen and oxygen atoms in total. The number of nitrogens with zero attached hydrogens (tertiary/aromatic N) is 1. The van der Waals surface area contributed by atoms with E-state index in [2.05, 4.69) is 333 Å². The lowest BCUT2D eigenvalue weighted by molar-refractivity contribution is 0.441. The van der Waals surface area contributed by atoms with Crippen LogP contribution in [0.3, 0.4) is 0 Å². The second-order valence-corrected chi connectivity index (χ2v) is 25.6. The first kappa shape index (κ1) is 50.7. The molecule has 14 aromatic rings. The molecule has 20 rings (SSSR count). The fourth-order valence-electron chi connectivity index (χ4n) is 18.0. The summed E-state index contributed by atoms with van der Waals surface area (Å²) in [6, 6.07) is 119. The number of allylic oxidation sites excluding steroid dienone is 4. The molecule has 0 N–H and O–H groups in total. The highest BCUT2D eigenvalue weighted by Gasteiger charge is 2.55. The van der Waals surface area contributed by atoms with Gasteiger partial charge in [0.1, 0.15) is 11.5 Å². The second kappa shape index (κ2) is 18.9. The first-order valence-corrected chi connectivity index (χ1v) is 32.1. The van der Waals surface area contributed by atoms with Crippen LogP contribution in [-0.2, 0) is 16.2 Å². The maximum Gasteiger partial charge on any atom is 0.140 e. The van der Waals surface area contributed by atoms with E-state index in [1.54, 1.807) is 0 Å². The molecule has 0 saturated heterocycles. The Bertz CT molecular complexity index is 5310. The third kappa shape index (κ3) is 6.60. The van der Waals surface area contributed by atoms with Crippen molar-refractivity contribution in [2.45, 2.75) is 28.6 Å². The molecule has 91 heavy (non-hydrogen) atoms. The monoisotopic (exact) mass is 1160 g/mol. The molecule has 14 aromatic carbocycles. The Balaban J connectivity index is 0.769. The van der Waals surface area contributed by atoms with Gasteiger partial charge in [0, 0.05) is 44.9 Å². The van der Waals surface area contributed by atoms with Gasteiger partial charge in [-0.05, 0) is 159 Å². The Morgan fingerprint density at radius 1 is 0.297 bits per heavy atom. The molecule has 1 heterocycles. The fourth-order valence-corrected chi connectivity index (χ4v) is 18.0. The smallest absolute Gasteiger partial charge is 0.140 e. The molecule has 0 bridgehead atoms. The Morgan fingerprint density at radius 2 is 0.714 bits per heavy atom. The summed E-state index contributed by atoms with van der Waals surface area (Å²) < 4.78 is 7.35. The van der Waals surface area contributed by atoms with Crippen LogP contribution in [0.15, 0.2) is 333 Å². The Morgan fingerprint density at radius 3 is 1.29 bits per heavy atom. The van der Waals surface area contributed by atoms with Gasteiger partial charge in [0.05, 0.1) is 16.2 Å². The summed E-state index contributed by atoms with van der Waals surface area (Å²) in [6.07, 6.45) is 5.76. The highest BCUT2D eigenvalue weighted by atomic mass is 16.5. The van der Waals surface area contributed by atoms with Gasteiger partial charge >= 0.3 is 0 Å². The lowest BCUT2D eigenvalue weighted by Gasteiger charge is -2.42. The highest BCUT2D eigenvalue weighted by Crippen LogP contribution is 2.67. The predicted molar refractivity (Wildman–Crippen MR) is 372 cm³/mol. The molecule has 5 aliphatic carbocycles. The topological polar surface area (TPSA) is 12.5 Å². The van der Waals surface area contributed by atoms with Gasteiger partial charge in [-0.1, -0.05) is 291 Å². The minimum absolute atomic E-state index is 0.101. The van der Waals surface area contributed by atoms with Crippen LogP contribution >= 0.6 is 0 Å². The highest BCUT2D eigenvalue weighted by molar-refractivity contribution is 6.02. The standard InChI is InChI=1S/C89H57NO/c1-3-23-60(24-4-1)87(61-25-5-2-6-26-61)75-34-16-15-33-71(75)74-54-63(47-52-80(74)87)90(64-46-49-73-70-32-13-19-37-78(70)88(84(73)55-64)76-35-17-11-29-67(76)68-30-12-18-36-77(68)88)62-44-39-56(40-45-62)59-41-48-72-69-31-14-20-38-79(69)89(83(72)53-59)81-50-42-57-21-7-9-27-65(57)85(81)91-86-66-28-10-8-22-58(66)43-51-82(86)89/h1-52,54-55,59H,53H2. The minimum Gasteiger partial charge on any atom is -0.455 e. The van der Waals surface area contributed by atoms with Gasteiger partial charge in [0.15, 0.2) is 0 Å². The van der Waals surface area contributed by atoms with Gasteiger partial charge in [0.25, 0.3) is 0 Å². The zero-order chi connectivity index (χ0) is 59.6. The van der Waals surface area contributed by atoms with Gasteiger partial charge < -0.3 is 9.64 Å². The van der Waals surface area contributed by atoms with E-state index in [0.717, 1.165) is 45.8 Å². The van der Waals surface area contributed by atoms with Crippen molar-refractivity contribution in [3.05, 3.63) is 406 Å². The van der Waals surface area contributed by atoms with Crippen molar-refractivity contribution < 1.29 is 4.74 Å². The normalized spacial score (nSPS) is 16.2. The van der Waals surface area contributed by atoms with Crippen LogP contribution in [0.1, 0.15) is 84.7 Å². The molecule has 1 atom stereocenters. The number of hydrogen-bond acceptors (Lipinski definition) is 2. The molecule has 0 amide bonds. The molecule has 0 fully saturated rings. The average Bonchev–Trinajstić information content (AvgIpc) is 1.60. The Kier molecular flexibility index (Phi) is 10.5. The second-order valence-electron chi connectivity index (χ2n) is 25.6. The summed E-state index contributed by atoms with van der Waals surface area (Å²) in [6.45, 7) is 0. The van der Waals surface area contributed by atoms with Crippen LogP contribution in [0.5, 0.6) is 11.5 Å². The van der Waals surface area contributed by atoms with Crippen LogP contribution in [-0.4, -0.2) is 0 Å². The van der Waals surface area contributed by atoms with E-state index < -0.39 is 16.2 Å². The molecule has 0 radical (unpaired) electrons. The van der Waals surface area contributed by atoms with E-state index in [9.17, 15) is 0 Å². The number of hydrogen-bond donors (Lipinski definition) is 0. The molecule has 424 valence electrons. The van der Waals surface area contributed by atoms with E-state index in [1.807, 2.05) is 0 Å². The number of rotatable bonds is 6. The van der Waals surface area contributed by atoms with Crippen molar-refractivity contribution in [1.29, 1.82) is 0 Å². The van der Waals surface area contributed by atoms with Gasteiger partial charge in [-0.15, -0.1) is 0 Å². The Hall–Kier alpha value is -11.3. The molecular weight excluding hydrogens is 1100 g/mol. The maximum atomic E-state index is 7.35. The van der Waals surface area contributed by atoms with E-state index in [4.69, 9.17) is 4.74 Å². The molecule has 0 aromatic heterocycles. The van der Waals surface area contributed by atoms with E-state index in [0.29, 0.717) is 0 Å². The number of benzene rings is 14. The molecule has 2 spiro atoms. The quantitative estimate of drug-likeness (QED) is 0.165.